The molecule has 0 saturated heterocycles. The summed E-state index contributed by atoms with van der Waals surface area (Å²) in [6, 6.07) is 16.8. The first-order valence-electron chi connectivity index (χ1n) is 9.76. The number of carbonyl (C=O) groups excluding carboxylic acids is 1. The molecule has 10 heteroatoms. The number of fused-ring (bicyclic) bond motifs is 1. The zero-order chi connectivity index (χ0) is 23.5. The number of benzene rings is 3. The molecule has 3 aromatic carbocycles. The SMILES string of the molecule is COc1ccc(-c2nc3cc(NC(=S)NC(=O)c4ccc(C)c([N+](=O)[O-])c4)ccc3o2)cc1. The second-order valence-electron chi connectivity index (χ2n) is 7.10. The van der Waals surface area contributed by atoms with E-state index in [1.807, 2.05) is 24.3 Å². The number of rotatable bonds is 5. The van der Waals surface area contributed by atoms with E-state index in [0.29, 0.717) is 28.2 Å². The number of oxazole rings is 1. The van der Waals surface area contributed by atoms with Gasteiger partial charge in [-0.1, -0.05) is 6.07 Å². The summed E-state index contributed by atoms with van der Waals surface area (Å²) in [5, 5.41) is 16.6. The minimum absolute atomic E-state index is 0.0430. The molecule has 1 aromatic heterocycles. The number of methoxy groups -OCH3 is 1. The van der Waals surface area contributed by atoms with Crippen molar-refractivity contribution in [1.29, 1.82) is 0 Å². The smallest absolute Gasteiger partial charge is 0.273 e. The first-order chi connectivity index (χ1) is 15.8. The van der Waals surface area contributed by atoms with E-state index in [-0.39, 0.29) is 16.4 Å². The summed E-state index contributed by atoms with van der Waals surface area (Å²) in [4.78, 5) is 27.5. The van der Waals surface area contributed by atoms with E-state index in [9.17, 15) is 14.9 Å². The van der Waals surface area contributed by atoms with E-state index < -0.39 is 10.8 Å². The van der Waals surface area contributed by atoms with Gasteiger partial charge in [0, 0.05) is 28.4 Å². The van der Waals surface area contributed by atoms with Crippen LogP contribution < -0.4 is 15.4 Å². The average Bonchev–Trinajstić information content (AvgIpc) is 3.22. The van der Waals surface area contributed by atoms with Gasteiger partial charge in [-0.2, -0.15) is 0 Å². The number of nitro benzene ring substituents is 1. The third-order valence-electron chi connectivity index (χ3n) is 4.88. The Morgan fingerprint density at radius 3 is 2.58 bits per heavy atom. The maximum Gasteiger partial charge on any atom is 0.273 e. The number of nitro groups is 1. The zero-order valence-electron chi connectivity index (χ0n) is 17.6. The monoisotopic (exact) mass is 462 g/mol. The van der Waals surface area contributed by atoms with Gasteiger partial charge in [-0.15, -0.1) is 0 Å². The highest BCUT2D eigenvalue weighted by Gasteiger charge is 2.16. The third kappa shape index (κ3) is 4.80. The van der Waals surface area contributed by atoms with Gasteiger partial charge in [0.2, 0.25) is 5.89 Å². The largest absolute Gasteiger partial charge is 0.497 e. The second-order valence-corrected chi connectivity index (χ2v) is 7.50. The van der Waals surface area contributed by atoms with Crippen molar-refractivity contribution >= 4 is 45.7 Å². The fourth-order valence-electron chi connectivity index (χ4n) is 3.15. The summed E-state index contributed by atoms with van der Waals surface area (Å²) in [5.74, 6) is 0.638. The zero-order valence-corrected chi connectivity index (χ0v) is 18.4. The lowest BCUT2D eigenvalue weighted by Gasteiger charge is -2.09. The summed E-state index contributed by atoms with van der Waals surface area (Å²) in [6.07, 6.45) is 0. The fourth-order valence-corrected chi connectivity index (χ4v) is 3.36. The Hall–Kier alpha value is -4.31. The Bertz CT molecular complexity index is 1380. The molecule has 0 radical (unpaired) electrons. The number of carbonyl (C=O) groups is 1. The number of anilines is 1. The van der Waals surface area contributed by atoms with Gasteiger partial charge in [0.15, 0.2) is 10.7 Å². The van der Waals surface area contributed by atoms with E-state index in [4.69, 9.17) is 21.4 Å². The summed E-state index contributed by atoms with van der Waals surface area (Å²) >= 11 is 5.22. The Balaban J connectivity index is 1.47. The number of nitrogens with one attached hydrogen (secondary N) is 2. The predicted octanol–water partition coefficient (Wildman–Crippen LogP) is 4.85. The van der Waals surface area contributed by atoms with Crippen molar-refractivity contribution in [3.63, 3.8) is 0 Å². The van der Waals surface area contributed by atoms with Crippen molar-refractivity contribution in [3.8, 4) is 17.2 Å². The minimum atomic E-state index is -0.556. The van der Waals surface area contributed by atoms with Crippen LogP contribution in [0.1, 0.15) is 15.9 Å². The number of aromatic nitrogens is 1. The third-order valence-corrected chi connectivity index (χ3v) is 5.08. The number of amides is 1. The van der Waals surface area contributed by atoms with Crippen molar-refractivity contribution in [2.24, 2.45) is 0 Å². The average molecular weight is 462 g/mol. The van der Waals surface area contributed by atoms with Crippen LogP contribution in [-0.4, -0.2) is 28.0 Å². The van der Waals surface area contributed by atoms with Gasteiger partial charge in [-0.05, 0) is 67.7 Å². The van der Waals surface area contributed by atoms with Gasteiger partial charge in [0.25, 0.3) is 11.6 Å². The standard InChI is InChI=1S/C23H18N4O5S/c1-13-3-4-15(11-19(13)27(29)30)21(28)26-23(33)24-16-7-10-20-18(12-16)25-22(32-20)14-5-8-17(31-2)9-6-14/h3-12H,1-2H3,(H2,24,26,28,33). The van der Waals surface area contributed by atoms with Crippen LogP contribution in [0.3, 0.4) is 0 Å². The Morgan fingerprint density at radius 1 is 1.12 bits per heavy atom. The van der Waals surface area contributed by atoms with Gasteiger partial charge in [0.05, 0.1) is 12.0 Å². The molecule has 0 aliphatic carbocycles. The molecule has 0 aliphatic heterocycles. The number of hydrogen-bond acceptors (Lipinski definition) is 7. The molecule has 0 spiro atoms. The van der Waals surface area contributed by atoms with Gasteiger partial charge < -0.3 is 14.5 Å². The molecule has 0 bridgehead atoms. The van der Waals surface area contributed by atoms with Gasteiger partial charge in [0.1, 0.15) is 11.3 Å². The number of ether oxygens (including phenoxy) is 1. The maximum atomic E-state index is 12.5. The highest BCUT2D eigenvalue weighted by Crippen LogP contribution is 2.27. The minimum Gasteiger partial charge on any atom is -0.497 e. The lowest BCUT2D eigenvalue weighted by Crippen LogP contribution is -2.34. The Labute approximate surface area is 193 Å². The summed E-state index contributed by atoms with van der Waals surface area (Å²) in [6.45, 7) is 1.60. The summed E-state index contributed by atoms with van der Waals surface area (Å²) in [7, 11) is 1.60. The summed E-state index contributed by atoms with van der Waals surface area (Å²) in [5.41, 5.74) is 3.06. The van der Waals surface area contributed by atoms with E-state index in [1.54, 1.807) is 32.2 Å². The molecular formula is C23H18N4O5S. The van der Waals surface area contributed by atoms with Crippen LogP contribution in [0.2, 0.25) is 0 Å². The Morgan fingerprint density at radius 2 is 1.88 bits per heavy atom. The lowest BCUT2D eigenvalue weighted by molar-refractivity contribution is -0.385. The molecule has 9 nitrogen and oxygen atoms in total. The van der Waals surface area contributed by atoms with Crippen molar-refractivity contribution in [2.75, 3.05) is 12.4 Å². The van der Waals surface area contributed by atoms with Gasteiger partial charge in [-0.3, -0.25) is 20.2 Å². The second kappa shape index (κ2) is 9.05. The van der Waals surface area contributed by atoms with E-state index in [1.165, 1.54) is 18.2 Å². The summed E-state index contributed by atoms with van der Waals surface area (Å²) < 4.78 is 11.0. The van der Waals surface area contributed by atoms with Crippen LogP contribution in [0.5, 0.6) is 5.75 Å². The van der Waals surface area contributed by atoms with Gasteiger partial charge in [-0.25, -0.2) is 4.98 Å². The first-order valence-corrected chi connectivity index (χ1v) is 10.2. The number of hydrogen-bond donors (Lipinski definition) is 2. The van der Waals surface area contributed by atoms with Crippen LogP contribution >= 0.6 is 12.2 Å². The Kier molecular flexibility index (Phi) is 6.01. The van der Waals surface area contributed by atoms with Crippen molar-refractivity contribution < 1.29 is 18.9 Å². The highest BCUT2D eigenvalue weighted by molar-refractivity contribution is 7.80. The van der Waals surface area contributed by atoms with Crippen molar-refractivity contribution in [1.82, 2.24) is 10.3 Å². The maximum absolute atomic E-state index is 12.5. The normalized spacial score (nSPS) is 10.6. The van der Waals surface area contributed by atoms with Crippen LogP contribution in [0, 0.1) is 17.0 Å². The molecule has 0 aliphatic rings. The number of nitrogens with zero attached hydrogens (tertiary/aromatic N) is 2. The molecule has 0 unspecified atom stereocenters. The van der Waals surface area contributed by atoms with Crippen molar-refractivity contribution in [2.45, 2.75) is 6.92 Å². The lowest BCUT2D eigenvalue weighted by atomic mass is 10.1. The molecule has 0 atom stereocenters. The number of aryl methyl sites for hydroxylation is 1. The molecule has 33 heavy (non-hydrogen) atoms. The molecule has 0 saturated carbocycles. The fraction of sp³-hybridized carbons (Fsp3) is 0.0870. The van der Waals surface area contributed by atoms with Crippen molar-refractivity contribution in [3.05, 3.63) is 81.9 Å². The number of thiocarbonyl (C=S) groups is 1. The molecule has 1 amide bonds. The van der Waals surface area contributed by atoms with Crippen LogP contribution in [0.4, 0.5) is 11.4 Å². The predicted molar refractivity (Wildman–Crippen MR) is 128 cm³/mol. The molecule has 166 valence electrons. The van der Waals surface area contributed by atoms with Crippen LogP contribution in [-0.2, 0) is 0 Å². The molecule has 2 N–H and O–H groups in total. The van der Waals surface area contributed by atoms with Gasteiger partial charge >= 0.3 is 0 Å². The molecular weight excluding hydrogens is 444 g/mol. The molecule has 4 rings (SSSR count). The van der Waals surface area contributed by atoms with E-state index in [0.717, 1.165) is 11.3 Å². The first kappa shape index (κ1) is 21.9. The molecule has 0 fully saturated rings. The van der Waals surface area contributed by atoms with E-state index in [2.05, 4.69) is 15.6 Å². The van der Waals surface area contributed by atoms with Crippen LogP contribution in [0.15, 0.2) is 65.1 Å². The molecule has 4 aromatic rings. The highest BCUT2D eigenvalue weighted by atomic mass is 32.1. The molecule has 1 heterocycles. The topological polar surface area (TPSA) is 120 Å². The van der Waals surface area contributed by atoms with E-state index >= 15 is 0 Å². The quantitative estimate of drug-likeness (QED) is 0.245. The van der Waals surface area contributed by atoms with Crippen LogP contribution in [0.25, 0.3) is 22.6 Å².